The number of hydrogen-bond donors (Lipinski definition) is 1. The highest BCUT2D eigenvalue weighted by Gasteiger charge is 2.22. The molecular weight excluding hydrogens is 289 g/mol. The summed E-state index contributed by atoms with van der Waals surface area (Å²) in [5, 5.41) is 20.2. The largest absolute Gasteiger partial charge is 0.710 e. The van der Waals surface area contributed by atoms with E-state index in [-0.39, 0.29) is 16.9 Å². The third-order valence-electron chi connectivity index (χ3n) is 3.37. The molecule has 22 heavy (non-hydrogen) atoms. The minimum atomic E-state index is -0.634. The standard InChI is InChI=1S/C14H8FN5O2/c15-8-5-6-9-12(7-8)20(22)14(13(21)16-9)19-11-4-2-1-3-10(11)17-18-19/h1-7H,(H,16,21). The lowest BCUT2D eigenvalue weighted by atomic mass is 10.3. The Morgan fingerprint density at radius 3 is 2.91 bits per heavy atom. The molecule has 2 aromatic heterocycles. The number of H-pyrrole nitrogens is 1. The van der Waals surface area contributed by atoms with Crippen LogP contribution in [0.3, 0.4) is 0 Å². The van der Waals surface area contributed by atoms with E-state index in [1.54, 1.807) is 24.3 Å². The third-order valence-corrected chi connectivity index (χ3v) is 3.37. The first-order valence-electron chi connectivity index (χ1n) is 6.41. The van der Waals surface area contributed by atoms with Crippen molar-refractivity contribution >= 4 is 22.1 Å². The Labute approximate surface area is 121 Å². The molecule has 0 unspecified atom stereocenters. The van der Waals surface area contributed by atoms with E-state index < -0.39 is 11.4 Å². The number of rotatable bonds is 1. The van der Waals surface area contributed by atoms with Crippen molar-refractivity contribution in [1.82, 2.24) is 20.0 Å². The summed E-state index contributed by atoms with van der Waals surface area (Å²) in [5.41, 5.74) is 0.670. The number of nitrogens with zero attached hydrogens (tertiary/aromatic N) is 4. The smallest absolute Gasteiger partial charge is 0.379 e. The van der Waals surface area contributed by atoms with Crippen molar-refractivity contribution in [3.05, 3.63) is 63.8 Å². The van der Waals surface area contributed by atoms with Gasteiger partial charge in [-0.3, -0.25) is 4.79 Å². The van der Waals surface area contributed by atoms with Crippen molar-refractivity contribution in [2.45, 2.75) is 0 Å². The van der Waals surface area contributed by atoms with E-state index in [0.29, 0.717) is 15.8 Å². The molecule has 0 amide bonds. The van der Waals surface area contributed by atoms with Crippen LogP contribution in [-0.4, -0.2) is 20.0 Å². The second-order valence-electron chi connectivity index (χ2n) is 4.72. The van der Waals surface area contributed by atoms with Crippen molar-refractivity contribution in [3.8, 4) is 5.82 Å². The highest BCUT2D eigenvalue weighted by Crippen LogP contribution is 2.13. The molecule has 0 saturated heterocycles. The zero-order valence-corrected chi connectivity index (χ0v) is 11.0. The quantitative estimate of drug-likeness (QED) is 0.420. The van der Waals surface area contributed by atoms with Crippen LogP contribution in [0, 0.1) is 11.0 Å². The van der Waals surface area contributed by atoms with Crippen LogP contribution in [0.2, 0.25) is 0 Å². The van der Waals surface area contributed by atoms with E-state index in [2.05, 4.69) is 15.3 Å². The van der Waals surface area contributed by atoms with E-state index in [1.807, 2.05) is 0 Å². The van der Waals surface area contributed by atoms with Crippen molar-refractivity contribution in [2.75, 3.05) is 0 Å². The lowest BCUT2D eigenvalue weighted by molar-refractivity contribution is -0.572. The molecule has 4 rings (SSSR count). The number of benzene rings is 2. The molecule has 108 valence electrons. The van der Waals surface area contributed by atoms with Crippen LogP contribution in [-0.2, 0) is 0 Å². The van der Waals surface area contributed by atoms with Crippen LogP contribution in [0.4, 0.5) is 4.39 Å². The van der Waals surface area contributed by atoms with Gasteiger partial charge in [-0.05, 0) is 24.3 Å². The van der Waals surface area contributed by atoms with E-state index in [1.165, 1.54) is 12.1 Å². The van der Waals surface area contributed by atoms with E-state index in [0.717, 1.165) is 10.7 Å². The second kappa shape index (κ2) is 4.35. The van der Waals surface area contributed by atoms with Crippen LogP contribution >= 0.6 is 0 Å². The molecule has 0 saturated carbocycles. The molecule has 8 heteroatoms. The van der Waals surface area contributed by atoms with Gasteiger partial charge in [-0.15, -0.1) is 5.10 Å². The maximum absolute atomic E-state index is 13.4. The van der Waals surface area contributed by atoms with Gasteiger partial charge in [0.1, 0.15) is 11.3 Å². The van der Waals surface area contributed by atoms with E-state index in [9.17, 15) is 14.4 Å². The molecule has 7 nitrogen and oxygen atoms in total. The molecule has 1 N–H and O–H groups in total. The molecule has 0 aliphatic rings. The summed E-state index contributed by atoms with van der Waals surface area (Å²) in [6.07, 6.45) is 0. The highest BCUT2D eigenvalue weighted by atomic mass is 19.1. The van der Waals surface area contributed by atoms with Crippen molar-refractivity contribution < 1.29 is 9.12 Å². The molecule has 0 spiro atoms. The first-order valence-corrected chi connectivity index (χ1v) is 6.41. The zero-order valence-electron chi connectivity index (χ0n) is 11.0. The molecule has 0 aliphatic heterocycles. The predicted octanol–water partition coefficient (Wildman–Crippen LogP) is 1.03. The summed E-state index contributed by atoms with van der Waals surface area (Å²) >= 11 is 0. The lowest BCUT2D eigenvalue weighted by Crippen LogP contribution is -2.41. The number of halogens is 1. The van der Waals surface area contributed by atoms with Gasteiger partial charge >= 0.3 is 11.4 Å². The monoisotopic (exact) mass is 297 g/mol. The fraction of sp³-hybridized carbons (Fsp3) is 0. The molecule has 0 bridgehead atoms. The van der Waals surface area contributed by atoms with Gasteiger partial charge in [0, 0.05) is 11.3 Å². The molecule has 2 heterocycles. The Balaban J connectivity index is 2.13. The first-order chi connectivity index (χ1) is 10.6. The summed E-state index contributed by atoms with van der Waals surface area (Å²) < 4.78 is 14.9. The Bertz CT molecular complexity index is 1090. The van der Waals surface area contributed by atoms with Crippen molar-refractivity contribution in [2.24, 2.45) is 0 Å². The third kappa shape index (κ3) is 1.67. The highest BCUT2D eigenvalue weighted by molar-refractivity contribution is 5.76. The molecule has 0 radical (unpaired) electrons. The maximum Gasteiger partial charge on any atom is 0.379 e. The van der Waals surface area contributed by atoms with Crippen LogP contribution in [0.5, 0.6) is 0 Å². The molecule has 0 atom stereocenters. The topological polar surface area (TPSA) is 90.5 Å². The predicted molar refractivity (Wildman–Crippen MR) is 75.9 cm³/mol. The Morgan fingerprint density at radius 2 is 2.05 bits per heavy atom. The van der Waals surface area contributed by atoms with E-state index in [4.69, 9.17) is 0 Å². The summed E-state index contributed by atoms with van der Waals surface area (Å²) in [7, 11) is 0. The first kappa shape index (κ1) is 12.5. The number of aromatic amines is 1. The maximum atomic E-state index is 13.4. The van der Waals surface area contributed by atoms with Gasteiger partial charge in [-0.25, -0.2) is 9.12 Å². The van der Waals surface area contributed by atoms with Gasteiger partial charge in [0.25, 0.3) is 0 Å². The average molecular weight is 297 g/mol. The molecule has 0 fully saturated rings. The minimum absolute atomic E-state index is 0.00850. The van der Waals surface area contributed by atoms with Crippen LogP contribution < -0.4 is 10.3 Å². The molecule has 0 aliphatic carbocycles. The van der Waals surface area contributed by atoms with Gasteiger partial charge in [0.2, 0.25) is 0 Å². The van der Waals surface area contributed by atoms with Gasteiger partial charge in [0.15, 0.2) is 11.0 Å². The van der Waals surface area contributed by atoms with E-state index >= 15 is 0 Å². The van der Waals surface area contributed by atoms with Gasteiger partial charge in [0.05, 0.1) is 5.52 Å². The normalized spacial score (nSPS) is 11.3. The van der Waals surface area contributed by atoms with Gasteiger partial charge in [-0.1, -0.05) is 16.8 Å². The molecule has 4 aromatic rings. The second-order valence-corrected chi connectivity index (χ2v) is 4.72. The SMILES string of the molecule is O=c1[nH]c2ccc(F)cc2[n+]([O-])c1-n1nnc2ccccc21. The summed E-state index contributed by atoms with van der Waals surface area (Å²) in [6.45, 7) is 0. The van der Waals surface area contributed by atoms with Crippen LogP contribution in [0.1, 0.15) is 0 Å². The Hall–Kier alpha value is -3.29. The summed E-state index contributed by atoms with van der Waals surface area (Å²) in [4.78, 5) is 14.8. The minimum Gasteiger partial charge on any atom is -0.710 e. The molecule has 2 aromatic carbocycles. The van der Waals surface area contributed by atoms with Crippen LogP contribution in [0.15, 0.2) is 47.3 Å². The zero-order chi connectivity index (χ0) is 15.3. The van der Waals surface area contributed by atoms with Crippen molar-refractivity contribution in [3.63, 3.8) is 0 Å². The number of nitrogens with one attached hydrogen (secondary N) is 1. The van der Waals surface area contributed by atoms with Crippen molar-refractivity contribution in [1.29, 1.82) is 0 Å². The number of hydrogen-bond acceptors (Lipinski definition) is 4. The fourth-order valence-corrected chi connectivity index (χ4v) is 2.37. The average Bonchev–Trinajstić information content (AvgIpc) is 2.92. The fourth-order valence-electron chi connectivity index (χ4n) is 2.37. The Kier molecular flexibility index (Phi) is 2.46. The lowest BCUT2D eigenvalue weighted by Gasteiger charge is -2.09. The number of aromatic nitrogens is 5. The molecular formula is C14H8FN5O2. The van der Waals surface area contributed by atoms with Gasteiger partial charge in [-0.2, -0.15) is 0 Å². The number of fused-ring (bicyclic) bond motifs is 2. The number of para-hydroxylation sites is 1. The summed E-state index contributed by atoms with van der Waals surface area (Å²) in [6, 6.07) is 10.5. The Morgan fingerprint density at radius 1 is 1.23 bits per heavy atom. The van der Waals surface area contributed by atoms with Crippen LogP contribution in [0.25, 0.3) is 27.9 Å². The summed E-state index contributed by atoms with van der Waals surface area (Å²) in [5.74, 6) is -0.856. The van der Waals surface area contributed by atoms with Gasteiger partial charge < -0.3 is 10.2 Å².